The van der Waals surface area contributed by atoms with E-state index < -0.39 is 5.97 Å². The number of imidazole rings is 1. The molecule has 0 unspecified atom stereocenters. The third kappa shape index (κ3) is 3.42. The highest BCUT2D eigenvalue weighted by molar-refractivity contribution is 5.94. The second-order valence-electron chi connectivity index (χ2n) is 6.08. The third-order valence-electron chi connectivity index (χ3n) is 4.24. The molecule has 4 aromatic rings. The Bertz CT molecular complexity index is 1180. The number of fused-ring (bicyclic) bond motifs is 1. The van der Waals surface area contributed by atoms with Gasteiger partial charge in [0, 0.05) is 17.2 Å². The van der Waals surface area contributed by atoms with Gasteiger partial charge in [0.05, 0.1) is 23.8 Å². The number of hydrogen-bond donors (Lipinski definition) is 2. The average molecular weight is 376 g/mol. The first-order valence-electron chi connectivity index (χ1n) is 8.79. The Morgan fingerprint density at radius 1 is 1.25 bits per heavy atom. The molecule has 2 aromatic carbocycles. The number of esters is 1. The van der Waals surface area contributed by atoms with Crippen LogP contribution in [0.15, 0.2) is 54.7 Å². The highest BCUT2D eigenvalue weighted by Crippen LogP contribution is 2.30. The number of H-pyrrole nitrogens is 2. The predicted molar refractivity (Wildman–Crippen MR) is 105 cm³/mol. The molecule has 4 rings (SSSR count). The maximum atomic E-state index is 13.7. The average Bonchev–Trinajstić information content (AvgIpc) is 3.32. The number of nitrogens with one attached hydrogen (secondary N) is 2. The molecule has 2 heterocycles. The largest absolute Gasteiger partial charge is 0.463 e. The van der Waals surface area contributed by atoms with Gasteiger partial charge in [0.25, 0.3) is 0 Å². The fourth-order valence-corrected chi connectivity index (χ4v) is 3.00. The number of aromatic nitrogens is 4. The van der Waals surface area contributed by atoms with E-state index in [1.165, 1.54) is 18.2 Å². The van der Waals surface area contributed by atoms with Gasteiger partial charge in [-0.1, -0.05) is 24.3 Å². The molecular weight excluding hydrogens is 359 g/mol. The van der Waals surface area contributed by atoms with Crippen molar-refractivity contribution in [2.24, 2.45) is 0 Å². The van der Waals surface area contributed by atoms with E-state index in [0.717, 1.165) is 22.2 Å². The van der Waals surface area contributed by atoms with Gasteiger partial charge >= 0.3 is 5.97 Å². The summed E-state index contributed by atoms with van der Waals surface area (Å²) in [5.41, 5.74) is 4.43. The molecule has 0 aliphatic rings. The van der Waals surface area contributed by atoms with Crippen molar-refractivity contribution in [3.63, 3.8) is 0 Å². The first-order chi connectivity index (χ1) is 13.7. The Hall–Kier alpha value is -3.74. The van der Waals surface area contributed by atoms with Gasteiger partial charge in [-0.15, -0.1) is 0 Å². The first kappa shape index (κ1) is 17.7. The summed E-state index contributed by atoms with van der Waals surface area (Å²) in [7, 11) is 0. The third-order valence-corrected chi connectivity index (χ3v) is 4.24. The van der Waals surface area contributed by atoms with E-state index in [0.29, 0.717) is 23.7 Å². The molecule has 0 bridgehead atoms. The standard InChI is InChI=1S/C21H17FN4O2/c1-2-28-18(27)10-9-14-12-23-26-19(14)21-24-17-8-4-7-16(20(17)25-21)13-5-3-6-15(22)11-13/h3-12H,2H2,1H3,(H,23,26)(H,24,25)/b10-9+. The second kappa shape index (κ2) is 7.48. The van der Waals surface area contributed by atoms with Gasteiger partial charge in [0.1, 0.15) is 11.5 Å². The highest BCUT2D eigenvalue weighted by atomic mass is 19.1. The maximum absolute atomic E-state index is 13.7. The number of halogens is 1. The summed E-state index contributed by atoms with van der Waals surface area (Å²) in [5, 5.41) is 6.95. The molecule has 6 nitrogen and oxygen atoms in total. The van der Waals surface area contributed by atoms with Crippen LogP contribution in [0.3, 0.4) is 0 Å². The fraction of sp³-hybridized carbons (Fsp3) is 0.0952. The monoisotopic (exact) mass is 376 g/mol. The van der Waals surface area contributed by atoms with Gasteiger partial charge < -0.3 is 9.72 Å². The van der Waals surface area contributed by atoms with Gasteiger partial charge in [0.15, 0.2) is 5.82 Å². The number of ether oxygens (including phenoxy) is 1. The van der Waals surface area contributed by atoms with Crippen LogP contribution in [0.1, 0.15) is 12.5 Å². The van der Waals surface area contributed by atoms with Crippen LogP contribution in [-0.4, -0.2) is 32.7 Å². The molecule has 2 aromatic heterocycles. The number of carbonyl (C=O) groups excluding carboxylic acids is 1. The zero-order valence-electron chi connectivity index (χ0n) is 15.1. The summed E-state index contributed by atoms with van der Waals surface area (Å²) in [4.78, 5) is 19.5. The molecule has 2 N–H and O–H groups in total. The molecule has 7 heteroatoms. The van der Waals surface area contributed by atoms with Gasteiger partial charge in [-0.3, -0.25) is 5.10 Å². The van der Waals surface area contributed by atoms with Crippen molar-refractivity contribution < 1.29 is 13.9 Å². The lowest BCUT2D eigenvalue weighted by Gasteiger charge is -2.02. The number of rotatable bonds is 5. The van der Waals surface area contributed by atoms with Crippen molar-refractivity contribution in [2.75, 3.05) is 6.61 Å². The number of para-hydroxylation sites is 1. The highest BCUT2D eigenvalue weighted by Gasteiger charge is 2.14. The minimum Gasteiger partial charge on any atom is -0.463 e. The molecule has 0 radical (unpaired) electrons. The van der Waals surface area contributed by atoms with Crippen molar-refractivity contribution in [1.82, 2.24) is 20.2 Å². The van der Waals surface area contributed by atoms with E-state index in [1.54, 1.807) is 25.3 Å². The molecule has 0 fully saturated rings. The molecule has 0 spiro atoms. The van der Waals surface area contributed by atoms with E-state index >= 15 is 0 Å². The van der Waals surface area contributed by atoms with Crippen molar-refractivity contribution in [2.45, 2.75) is 6.92 Å². The quantitative estimate of drug-likeness (QED) is 0.401. The Morgan fingerprint density at radius 3 is 2.93 bits per heavy atom. The summed E-state index contributed by atoms with van der Waals surface area (Å²) in [6.07, 6.45) is 4.57. The van der Waals surface area contributed by atoms with Crippen LogP contribution < -0.4 is 0 Å². The van der Waals surface area contributed by atoms with Crippen LogP contribution in [0.4, 0.5) is 4.39 Å². The fourth-order valence-electron chi connectivity index (χ4n) is 3.00. The van der Waals surface area contributed by atoms with E-state index in [9.17, 15) is 9.18 Å². The summed E-state index contributed by atoms with van der Waals surface area (Å²) in [5.74, 6) is -0.155. The smallest absolute Gasteiger partial charge is 0.330 e. The first-order valence-corrected chi connectivity index (χ1v) is 8.79. The van der Waals surface area contributed by atoms with Crippen molar-refractivity contribution in [3.8, 4) is 22.6 Å². The van der Waals surface area contributed by atoms with Crippen molar-refractivity contribution in [1.29, 1.82) is 0 Å². The molecule has 0 saturated heterocycles. The number of nitrogens with zero attached hydrogens (tertiary/aromatic N) is 2. The lowest BCUT2D eigenvalue weighted by Crippen LogP contribution is -1.98. The van der Waals surface area contributed by atoms with E-state index in [4.69, 9.17) is 4.74 Å². The van der Waals surface area contributed by atoms with Crippen LogP contribution in [0, 0.1) is 5.82 Å². The normalized spacial score (nSPS) is 11.4. The minimum atomic E-state index is -0.423. The number of hydrogen-bond acceptors (Lipinski definition) is 4. The van der Waals surface area contributed by atoms with Crippen molar-refractivity contribution in [3.05, 3.63) is 66.1 Å². The lowest BCUT2D eigenvalue weighted by molar-refractivity contribution is -0.137. The summed E-state index contributed by atoms with van der Waals surface area (Å²) in [6, 6.07) is 12.1. The molecule has 0 atom stereocenters. The number of benzene rings is 2. The predicted octanol–water partition coefficient (Wildman–Crippen LogP) is 4.34. The Labute approximate surface area is 160 Å². The van der Waals surface area contributed by atoms with E-state index in [2.05, 4.69) is 20.2 Å². The van der Waals surface area contributed by atoms with Gasteiger partial charge in [0.2, 0.25) is 0 Å². The summed E-state index contributed by atoms with van der Waals surface area (Å²) >= 11 is 0. The Balaban J connectivity index is 1.75. The van der Waals surface area contributed by atoms with Gasteiger partial charge in [-0.05, 0) is 36.8 Å². The molecule has 0 amide bonds. The Morgan fingerprint density at radius 2 is 2.11 bits per heavy atom. The molecule has 0 aliphatic heterocycles. The zero-order chi connectivity index (χ0) is 19.5. The van der Waals surface area contributed by atoms with Crippen LogP contribution >= 0.6 is 0 Å². The summed E-state index contributed by atoms with van der Waals surface area (Å²) < 4.78 is 18.6. The lowest BCUT2D eigenvalue weighted by atomic mass is 10.0. The van der Waals surface area contributed by atoms with Crippen LogP contribution in [-0.2, 0) is 9.53 Å². The van der Waals surface area contributed by atoms with Crippen LogP contribution in [0.25, 0.3) is 39.8 Å². The number of aromatic amines is 2. The van der Waals surface area contributed by atoms with Gasteiger partial charge in [-0.2, -0.15) is 5.10 Å². The number of carbonyl (C=O) groups is 1. The van der Waals surface area contributed by atoms with E-state index in [1.807, 2.05) is 24.3 Å². The van der Waals surface area contributed by atoms with Crippen molar-refractivity contribution >= 4 is 23.1 Å². The molecule has 0 aliphatic carbocycles. The molecular formula is C21H17FN4O2. The van der Waals surface area contributed by atoms with E-state index in [-0.39, 0.29) is 5.82 Å². The second-order valence-corrected chi connectivity index (χ2v) is 6.08. The van der Waals surface area contributed by atoms with Gasteiger partial charge in [-0.25, -0.2) is 14.2 Å². The topological polar surface area (TPSA) is 83.7 Å². The maximum Gasteiger partial charge on any atom is 0.330 e. The Kier molecular flexibility index (Phi) is 4.72. The zero-order valence-corrected chi connectivity index (χ0v) is 15.1. The minimum absolute atomic E-state index is 0.301. The summed E-state index contributed by atoms with van der Waals surface area (Å²) in [6.45, 7) is 2.06. The molecule has 28 heavy (non-hydrogen) atoms. The SMILES string of the molecule is CCOC(=O)/C=C/c1cn[nH]c1-c1nc2c(-c3cccc(F)c3)cccc2[nH]1. The molecule has 140 valence electrons. The van der Waals surface area contributed by atoms with Crippen LogP contribution in [0.5, 0.6) is 0 Å². The van der Waals surface area contributed by atoms with Crippen LogP contribution in [0.2, 0.25) is 0 Å². The molecule has 0 saturated carbocycles.